The first-order valence-electron chi connectivity index (χ1n) is 16.8. The Labute approximate surface area is 289 Å². The predicted molar refractivity (Wildman–Crippen MR) is 199 cm³/mol. The summed E-state index contributed by atoms with van der Waals surface area (Å²) in [6.45, 7) is 0. The molecule has 0 saturated carbocycles. The van der Waals surface area contributed by atoms with Crippen LogP contribution in [-0.4, -0.2) is 26.0 Å². The molecule has 0 fully saturated rings. The van der Waals surface area contributed by atoms with Crippen molar-refractivity contribution >= 4 is 28.4 Å². The highest BCUT2D eigenvalue weighted by Crippen LogP contribution is 2.54. The summed E-state index contributed by atoms with van der Waals surface area (Å²) in [5, 5.41) is 1.07. The number of benzene rings is 5. The van der Waals surface area contributed by atoms with Gasteiger partial charge in [-0.25, -0.2) is 15.0 Å². The third kappa shape index (κ3) is 4.57. The van der Waals surface area contributed by atoms with E-state index in [2.05, 4.69) is 137 Å². The molecule has 6 heteroatoms. The van der Waals surface area contributed by atoms with Gasteiger partial charge in [0.2, 0.25) is 0 Å². The summed E-state index contributed by atoms with van der Waals surface area (Å²) in [5.74, 6) is 2.67. The second kappa shape index (κ2) is 11.5. The van der Waals surface area contributed by atoms with Gasteiger partial charge in [-0.2, -0.15) is 0 Å². The molecule has 0 radical (unpaired) electrons. The fraction of sp³-hybridized carbons (Fsp3) is 0.0455. The van der Waals surface area contributed by atoms with Gasteiger partial charge in [-0.05, 0) is 59.2 Å². The van der Waals surface area contributed by atoms with Crippen LogP contribution in [0.4, 0.5) is 11.4 Å². The van der Waals surface area contributed by atoms with Crippen molar-refractivity contribution in [3.05, 3.63) is 175 Å². The van der Waals surface area contributed by atoms with Crippen LogP contribution in [0.3, 0.4) is 0 Å². The number of hydrogen-bond donors (Lipinski definition) is 0. The molecule has 2 aliphatic rings. The topological polar surface area (TPSA) is 67.9 Å². The molecule has 10 rings (SSSR count). The van der Waals surface area contributed by atoms with Gasteiger partial charge in [0, 0.05) is 51.8 Å². The van der Waals surface area contributed by atoms with E-state index < -0.39 is 0 Å². The van der Waals surface area contributed by atoms with Crippen LogP contribution in [0.2, 0.25) is 0 Å². The molecule has 0 N–H and O–H groups in total. The maximum absolute atomic E-state index is 6.78. The van der Waals surface area contributed by atoms with Gasteiger partial charge in [0.1, 0.15) is 11.3 Å². The Balaban J connectivity index is 1.12. The van der Waals surface area contributed by atoms with Crippen molar-refractivity contribution in [1.29, 1.82) is 0 Å². The SMILES string of the molecule is C1=CC2C(c3ccccc3N2c2ccccc2)c2c1oc1c(-c3nc(-c4ccc(-c5ccccc5)cc4)nc(-c4cccnc4)n3)cccc21. The van der Waals surface area contributed by atoms with Gasteiger partial charge >= 0.3 is 0 Å². The summed E-state index contributed by atoms with van der Waals surface area (Å²) in [7, 11) is 0. The lowest BCUT2D eigenvalue weighted by molar-refractivity contribution is 0.584. The van der Waals surface area contributed by atoms with Crippen LogP contribution in [0.25, 0.3) is 62.3 Å². The molecule has 5 aromatic carbocycles. The number of para-hydroxylation sites is 3. The summed E-state index contributed by atoms with van der Waals surface area (Å²) in [6, 6.07) is 48.4. The van der Waals surface area contributed by atoms with Crippen molar-refractivity contribution < 1.29 is 4.42 Å². The number of pyridine rings is 1. The molecule has 0 amide bonds. The molecular weight excluding hydrogens is 615 g/mol. The van der Waals surface area contributed by atoms with Gasteiger partial charge in [-0.15, -0.1) is 0 Å². The minimum atomic E-state index is 0.103. The van der Waals surface area contributed by atoms with Crippen molar-refractivity contribution in [3.63, 3.8) is 0 Å². The molecule has 50 heavy (non-hydrogen) atoms. The predicted octanol–water partition coefficient (Wildman–Crippen LogP) is 10.4. The highest BCUT2D eigenvalue weighted by molar-refractivity contribution is 5.97. The zero-order chi connectivity index (χ0) is 33.0. The minimum Gasteiger partial charge on any atom is -0.456 e. The van der Waals surface area contributed by atoms with E-state index in [9.17, 15) is 0 Å². The third-order valence-corrected chi connectivity index (χ3v) is 9.79. The normalized spacial score (nSPS) is 15.9. The number of furan rings is 1. The fourth-order valence-electron chi connectivity index (χ4n) is 7.54. The zero-order valence-electron chi connectivity index (χ0n) is 26.9. The summed E-state index contributed by atoms with van der Waals surface area (Å²) >= 11 is 0. The van der Waals surface area contributed by atoms with E-state index >= 15 is 0 Å². The largest absolute Gasteiger partial charge is 0.456 e. The van der Waals surface area contributed by atoms with Crippen LogP contribution in [-0.2, 0) is 0 Å². The van der Waals surface area contributed by atoms with Gasteiger partial charge in [0.05, 0.1) is 11.6 Å². The van der Waals surface area contributed by atoms with Crippen molar-refractivity contribution in [3.8, 4) is 45.3 Å². The van der Waals surface area contributed by atoms with Crippen LogP contribution in [0.1, 0.15) is 22.8 Å². The van der Waals surface area contributed by atoms with Gasteiger partial charge in [0.15, 0.2) is 17.5 Å². The average Bonchev–Trinajstić information content (AvgIpc) is 3.74. The third-order valence-electron chi connectivity index (χ3n) is 9.79. The van der Waals surface area contributed by atoms with E-state index in [0.717, 1.165) is 44.5 Å². The summed E-state index contributed by atoms with van der Waals surface area (Å²) < 4.78 is 6.78. The summed E-state index contributed by atoms with van der Waals surface area (Å²) in [6.07, 6.45) is 7.96. The van der Waals surface area contributed by atoms with Crippen LogP contribution >= 0.6 is 0 Å². The maximum Gasteiger partial charge on any atom is 0.167 e. The molecular formula is C44H29N5O. The average molecular weight is 644 g/mol. The lowest BCUT2D eigenvalue weighted by Gasteiger charge is -2.30. The Morgan fingerprint density at radius 1 is 0.560 bits per heavy atom. The molecule has 0 saturated heterocycles. The second-order valence-corrected chi connectivity index (χ2v) is 12.6. The molecule has 1 aliphatic carbocycles. The van der Waals surface area contributed by atoms with E-state index in [1.54, 1.807) is 12.4 Å². The van der Waals surface area contributed by atoms with Crippen molar-refractivity contribution in [2.24, 2.45) is 0 Å². The first-order chi connectivity index (χ1) is 24.8. The van der Waals surface area contributed by atoms with E-state index in [1.165, 1.54) is 22.5 Å². The van der Waals surface area contributed by atoms with Gasteiger partial charge < -0.3 is 9.32 Å². The standard InChI is InChI=1S/C44H29N5O/c1-3-11-28(12-4-1)29-20-22-30(23-21-29)42-46-43(31-13-10-26-45-27-31)48-44(47-42)35-18-9-17-34-40-38(50-41(34)35)25-24-37-39(40)33-16-7-8-19-36(33)49(37)32-14-5-2-6-15-32/h1-27,37,39H. The quantitative estimate of drug-likeness (QED) is 0.186. The van der Waals surface area contributed by atoms with E-state index in [0.29, 0.717) is 17.5 Å². The number of hydrogen-bond acceptors (Lipinski definition) is 6. The van der Waals surface area contributed by atoms with E-state index in [1.807, 2.05) is 24.3 Å². The molecule has 0 bridgehead atoms. The highest BCUT2D eigenvalue weighted by atomic mass is 16.3. The zero-order valence-corrected chi connectivity index (χ0v) is 26.9. The molecule has 0 spiro atoms. The van der Waals surface area contributed by atoms with E-state index in [4.69, 9.17) is 19.4 Å². The van der Waals surface area contributed by atoms with Crippen LogP contribution in [0.5, 0.6) is 0 Å². The Morgan fingerprint density at radius 3 is 2.04 bits per heavy atom. The van der Waals surface area contributed by atoms with Gasteiger partial charge in [-0.3, -0.25) is 4.98 Å². The maximum atomic E-state index is 6.78. The summed E-state index contributed by atoms with van der Waals surface area (Å²) in [4.78, 5) is 21.9. The molecule has 4 heterocycles. The molecule has 6 nitrogen and oxygen atoms in total. The fourth-order valence-corrected chi connectivity index (χ4v) is 7.54. The monoisotopic (exact) mass is 643 g/mol. The Hall–Kier alpha value is -6.66. The second-order valence-electron chi connectivity index (χ2n) is 12.6. The Morgan fingerprint density at radius 2 is 1.24 bits per heavy atom. The minimum absolute atomic E-state index is 0.103. The van der Waals surface area contributed by atoms with E-state index in [-0.39, 0.29) is 12.0 Å². The number of aromatic nitrogens is 4. The number of fused-ring (bicyclic) bond motifs is 7. The Bertz CT molecular complexity index is 2540. The van der Waals surface area contributed by atoms with Gasteiger partial charge in [0.25, 0.3) is 0 Å². The molecule has 1 aliphatic heterocycles. The van der Waals surface area contributed by atoms with Gasteiger partial charge in [-0.1, -0.05) is 109 Å². The number of anilines is 2. The number of rotatable bonds is 5. The van der Waals surface area contributed by atoms with Crippen molar-refractivity contribution in [2.75, 3.05) is 4.90 Å². The first-order valence-corrected chi connectivity index (χ1v) is 16.8. The molecule has 8 aromatic rings. The highest BCUT2D eigenvalue weighted by Gasteiger charge is 2.43. The lowest BCUT2D eigenvalue weighted by atomic mass is 9.82. The lowest BCUT2D eigenvalue weighted by Crippen LogP contribution is -2.30. The van der Waals surface area contributed by atoms with Crippen LogP contribution in [0.15, 0.2) is 162 Å². The molecule has 3 aromatic heterocycles. The Kier molecular flexibility index (Phi) is 6.52. The van der Waals surface area contributed by atoms with Crippen molar-refractivity contribution in [1.82, 2.24) is 19.9 Å². The number of nitrogens with zero attached hydrogens (tertiary/aromatic N) is 5. The molecule has 2 atom stereocenters. The summed E-state index contributed by atoms with van der Waals surface area (Å²) in [5.41, 5.74) is 10.5. The first kappa shape index (κ1) is 28.4. The molecule has 236 valence electrons. The van der Waals surface area contributed by atoms with Crippen molar-refractivity contribution in [2.45, 2.75) is 12.0 Å². The van der Waals surface area contributed by atoms with Crippen LogP contribution in [0, 0.1) is 0 Å². The molecule has 2 unspecified atom stereocenters. The smallest absolute Gasteiger partial charge is 0.167 e. The van der Waals surface area contributed by atoms with Crippen LogP contribution < -0.4 is 4.90 Å².